The van der Waals surface area contributed by atoms with E-state index in [2.05, 4.69) is 0 Å². The van der Waals surface area contributed by atoms with E-state index >= 15 is 0 Å². The van der Waals surface area contributed by atoms with Gasteiger partial charge in [0.15, 0.2) is 0 Å². The molecule has 0 N–H and O–H groups in total. The number of ether oxygens (including phenoxy) is 2. The second-order valence-corrected chi connectivity index (χ2v) is 4.83. The van der Waals surface area contributed by atoms with Crippen LogP contribution in [0.25, 0.3) is 0 Å². The van der Waals surface area contributed by atoms with Gasteiger partial charge in [-0.15, -0.1) is 0 Å². The summed E-state index contributed by atoms with van der Waals surface area (Å²) in [4.78, 5) is 24.4. The number of carbonyl (C=O) groups is 2. The van der Waals surface area contributed by atoms with E-state index in [1.54, 1.807) is 11.0 Å². The van der Waals surface area contributed by atoms with Gasteiger partial charge in [0.1, 0.15) is 12.8 Å². The van der Waals surface area contributed by atoms with Crippen molar-refractivity contribution in [3.05, 3.63) is 48.0 Å². The lowest BCUT2D eigenvalue weighted by molar-refractivity contribution is -0.155. The molecule has 5 nitrogen and oxygen atoms in total. The molecule has 3 rings (SSSR count). The topological polar surface area (TPSA) is 55.8 Å². The third-order valence-corrected chi connectivity index (χ3v) is 3.40. The number of amides is 1. The highest BCUT2D eigenvalue weighted by molar-refractivity contribution is 5.83. The van der Waals surface area contributed by atoms with Crippen LogP contribution in [0, 0.1) is 0 Å². The molecule has 0 aromatic heterocycles. The van der Waals surface area contributed by atoms with Gasteiger partial charge in [0.05, 0.1) is 19.1 Å². The summed E-state index contributed by atoms with van der Waals surface area (Å²) in [6, 6.07) is 9.49. The lowest BCUT2D eigenvalue weighted by Gasteiger charge is -2.31. The van der Waals surface area contributed by atoms with Crippen molar-refractivity contribution in [2.45, 2.75) is 25.4 Å². The molecule has 2 aliphatic heterocycles. The highest BCUT2D eigenvalue weighted by atomic mass is 16.5. The Hall–Kier alpha value is -2.14. The Morgan fingerprint density at radius 1 is 1.40 bits per heavy atom. The highest BCUT2D eigenvalue weighted by Gasteiger charge is 2.44. The van der Waals surface area contributed by atoms with Crippen molar-refractivity contribution in [2.24, 2.45) is 0 Å². The molecule has 20 heavy (non-hydrogen) atoms. The second-order valence-electron chi connectivity index (χ2n) is 4.83. The minimum absolute atomic E-state index is 0.0995. The van der Waals surface area contributed by atoms with Crippen molar-refractivity contribution in [2.75, 3.05) is 6.54 Å². The molecule has 0 radical (unpaired) electrons. The predicted molar refractivity (Wildman–Crippen MR) is 70.4 cm³/mol. The number of hydrogen-bond acceptors (Lipinski definition) is 4. The Bertz CT molecular complexity index is 540. The third-order valence-electron chi connectivity index (χ3n) is 3.40. The molecule has 0 spiro atoms. The summed E-state index contributed by atoms with van der Waals surface area (Å²) >= 11 is 0. The van der Waals surface area contributed by atoms with Crippen molar-refractivity contribution >= 4 is 11.9 Å². The standard InChI is InChI=1S/C15H15NO4/c17-13-8-14-16(13)9-12(20-14)6-7-15(18)19-10-11-4-2-1-3-5-11/h1-7,12,14H,8-10H2/b7-6+/t12-,14+/m1/s1. The zero-order valence-electron chi connectivity index (χ0n) is 10.9. The van der Waals surface area contributed by atoms with Gasteiger partial charge < -0.3 is 14.4 Å². The van der Waals surface area contributed by atoms with Crippen molar-refractivity contribution < 1.29 is 19.1 Å². The van der Waals surface area contributed by atoms with E-state index in [0.29, 0.717) is 13.0 Å². The largest absolute Gasteiger partial charge is 0.458 e. The van der Waals surface area contributed by atoms with Gasteiger partial charge >= 0.3 is 5.97 Å². The SMILES string of the molecule is O=C(/C=C/[C@@H]1CN2C(=O)C[C@@H]2O1)OCc1ccccc1. The molecule has 2 atom stereocenters. The Balaban J connectivity index is 1.45. The number of rotatable bonds is 4. The minimum atomic E-state index is -0.405. The average molecular weight is 273 g/mol. The van der Waals surface area contributed by atoms with Crippen LogP contribution in [0.15, 0.2) is 42.5 Å². The van der Waals surface area contributed by atoms with Gasteiger partial charge in [-0.1, -0.05) is 30.3 Å². The lowest BCUT2D eigenvalue weighted by atomic mass is 10.2. The Morgan fingerprint density at radius 2 is 2.20 bits per heavy atom. The van der Waals surface area contributed by atoms with Gasteiger partial charge in [0.25, 0.3) is 0 Å². The quantitative estimate of drug-likeness (QED) is 0.470. The van der Waals surface area contributed by atoms with Crippen molar-refractivity contribution in [1.82, 2.24) is 4.90 Å². The fourth-order valence-corrected chi connectivity index (χ4v) is 2.27. The van der Waals surface area contributed by atoms with Crippen molar-refractivity contribution in [3.8, 4) is 0 Å². The molecule has 0 saturated carbocycles. The smallest absolute Gasteiger partial charge is 0.330 e. The number of fused-ring (bicyclic) bond motifs is 1. The van der Waals surface area contributed by atoms with Gasteiger partial charge in [-0.3, -0.25) is 4.79 Å². The van der Waals surface area contributed by atoms with Crippen LogP contribution in [-0.2, 0) is 25.7 Å². The minimum Gasteiger partial charge on any atom is -0.458 e. The zero-order chi connectivity index (χ0) is 13.9. The Morgan fingerprint density at radius 3 is 2.90 bits per heavy atom. The molecule has 104 valence electrons. The molecular weight excluding hydrogens is 258 g/mol. The summed E-state index contributed by atoms with van der Waals surface area (Å²) in [5.74, 6) is -0.296. The molecule has 1 amide bonds. The molecule has 1 aromatic rings. The molecular formula is C15H15NO4. The summed E-state index contributed by atoms with van der Waals surface area (Å²) in [6.07, 6.45) is 3.15. The maximum Gasteiger partial charge on any atom is 0.330 e. The number of nitrogens with zero attached hydrogens (tertiary/aromatic N) is 1. The monoisotopic (exact) mass is 273 g/mol. The Labute approximate surface area is 116 Å². The van der Waals surface area contributed by atoms with Crippen LogP contribution in [-0.4, -0.2) is 35.7 Å². The van der Waals surface area contributed by atoms with E-state index in [-0.39, 0.29) is 24.8 Å². The molecule has 0 aliphatic carbocycles. The summed E-state index contributed by atoms with van der Waals surface area (Å²) < 4.78 is 10.7. The third kappa shape index (κ3) is 2.72. The number of esters is 1. The fraction of sp³-hybridized carbons (Fsp3) is 0.333. The molecule has 2 saturated heterocycles. The molecule has 2 fully saturated rings. The van der Waals surface area contributed by atoms with Crippen LogP contribution >= 0.6 is 0 Å². The molecule has 2 heterocycles. The van der Waals surface area contributed by atoms with Crippen LogP contribution in [0.2, 0.25) is 0 Å². The van der Waals surface area contributed by atoms with Gasteiger partial charge in [-0.25, -0.2) is 4.79 Å². The van der Waals surface area contributed by atoms with Gasteiger partial charge in [0.2, 0.25) is 5.91 Å². The molecule has 0 unspecified atom stereocenters. The van der Waals surface area contributed by atoms with E-state index in [4.69, 9.17) is 9.47 Å². The molecule has 2 aliphatic rings. The summed E-state index contributed by atoms with van der Waals surface area (Å²) in [5, 5.41) is 0. The van der Waals surface area contributed by atoms with Crippen LogP contribution in [0.4, 0.5) is 0 Å². The van der Waals surface area contributed by atoms with Crippen molar-refractivity contribution in [3.63, 3.8) is 0 Å². The summed E-state index contributed by atoms with van der Waals surface area (Å²) in [7, 11) is 0. The second kappa shape index (κ2) is 5.46. The maximum atomic E-state index is 11.6. The van der Waals surface area contributed by atoms with Crippen LogP contribution in [0.3, 0.4) is 0 Å². The van der Waals surface area contributed by atoms with Gasteiger partial charge in [-0.05, 0) is 11.6 Å². The predicted octanol–water partition coefficient (Wildman–Crippen LogP) is 1.24. The van der Waals surface area contributed by atoms with E-state index in [0.717, 1.165) is 5.56 Å². The normalized spacial score (nSPS) is 24.6. The average Bonchev–Trinajstić information content (AvgIpc) is 2.81. The van der Waals surface area contributed by atoms with E-state index < -0.39 is 5.97 Å². The van der Waals surface area contributed by atoms with Gasteiger partial charge in [-0.2, -0.15) is 0 Å². The Kier molecular flexibility index (Phi) is 3.52. The van der Waals surface area contributed by atoms with E-state index in [1.165, 1.54) is 6.08 Å². The molecule has 0 bridgehead atoms. The maximum absolute atomic E-state index is 11.6. The van der Waals surface area contributed by atoms with Gasteiger partial charge in [0, 0.05) is 6.08 Å². The molecule has 1 aromatic carbocycles. The van der Waals surface area contributed by atoms with Crippen LogP contribution in [0.1, 0.15) is 12.0 Å². The lowest BCUT2D eigenvalue weighted by Crippen LogP contribution is -2.48. The van der Waals surface area contributed by atoms with E-state index in [9.17, 15) is 9.59 Å². The summed E-state index contributed by atoms with van der Waals surface area (Å²) in [5.41, 5.74) is 0.945. The van der Waals surface area contributed by atoms with Crippen LogP contribution < -0.4 is 0 Å². The van der Waals surface area contributed by atoms with E-state index in [1.807, 2.05) is 30.3 Å². The first-order valence-electron chi connectivity index (χ1n) is 6.56. The molecule has 5 heteroatoms. The van der Waals surface area contributed by atoms with Crippen molar-refractivity contribution in [1.29, 1.82) is 0 Å². The number of benzene rings is 1. The highest BCUT2D eigenvalue weighted by Crippen LogP contribution is 2.28. The fourth-order valence-electron chi connectivity index (χ4n) is 2.27. The summed E-state index contributed by atoms with van der Waals surface area (Å²) in [6.45, 7) is 0.773. The first kappa shape index (κ1) is 12.9. The number of β-lactam (4-membered cyclic amide) rings is 1. The number of hydrogen-bond donors (Lipinski definition) is 0. The van der Waals surface area contributed by atoms with Crippen LogP contribution in [0.5, 0.6) is 0 Å². The first-order chi connectivity index (χ1) is 9.72. The first-order valence-corrected chi connectivity index (χ1v) is 6.56. The zero-order valence-corrected chi connectivity index (χ0v) is 10.9. The number of carbonyl (C=O) groups excluding carboxylic acids is 2.